The molecule has 2 N–H and O–H groups in total. The number of thioether (sulfide) groups is 1. The topological polar surface area (TPSA) is 49.3 Å². The van der Waals surface area contributed by atoms with Crippen molar-refractivity contribution in [1.82, 2.24) is 5.32 Å². The Bertz CT molecular complexity index is 394. The molecule has 1 aromatic rings. The van der Waals surface area contributed by atoms with Gasteiger partial charge >= 0.3 is 5.97 Å². The predicted octanol–water partition coefficient (Wildman–Crippen LogP) is 1.66. The van der Waals surface area contributed by atoms with Gasteiger partial charge in [-0.3, -0.25) is 4.79 Å². The Labute approximate surface area is 99.2 Å². The lowest BCUT2D eigenvalue weighted by atomic mass is 10.2. The van der Waals surface area contributed by atoms with Crippen LogP contribution in [0.2, 0.25) is 0 Å². The van der Waals surface area contributed by atoms with Crippen molar-refractivity contribution in [3.63, 3.8) is 0 Å². The van der Waals surface area contributed by atoms with Crippen molar-refractivity contribution < 1.29 is 9.90 Å². The van der Waals surface area contributed by atoms with Crippen LogP contribution in [-0.4, -0.2) is 23.9 Å². The smallest absolute Gasteiger partial charge is 0.319 e. The van der Waals surface area contributed by atoms with Gasteiger partial charge in [-0.15, -0.1) is 11.8 Å². The average molecular weight is 235 g/mol. The highest BCUT2D eigenvalue weighted by molar-refractivity contribution is 7.99. The normalized spacial score (nSPS) is 11.1. The SMILES string of the molecule is CNC#CC(CSc1ccccc1)C(=O)O. The minimum atomic E-state index is -0.883. The Kier molecular flexibility index (Phi) is 5.30. The van der Waals surface area contributed by atoms with Crippen molar-refractivity contribution in [2.24, 2.45) is 5.92 Å². The van der Waals surface area contributed by atoms with Gasteiger partial charge in [0.15, 0.2) is 0 Å². The number of nitrogens with one attached hydrogen (secondary N) is 1. The largest absolute Gasteiger partial charge is 0.480 e. The Morgan fingerprint density at radius 2 is 2.19 bits per heavy atom. The number of aliphatic carboxylic acids is 1. The maximum absolute atomic E-state index is 10.9. The van der Waals surface area contributed by atoms with E-state index < -0.39 is 11.9 Å². The lowest BCUT2D eigenvalue weighted by Crippen LogP contribution is -2.14. The van der Waals surface area contributed by atoms with Crippen molar-refractivity contribution in [2.75, 3.05) is 12.8 Å². The van der Waals surface area contributed by atoms with Gasteiger partial charge in [0.05, 0.1) is 0 Å². The predicted molar refractivity (Wildman–Crippen MR) is 65.1 cm³/mol. The minimum absolute atomic E-state index is 0.452. The molecule has 0 saturated heterocycles. The Hall–Kier alpha value is -1.60. The van der Waals surface area contributed by atoms with E-state index in [1.54, 1.807) is 7.05 Å². The van der Waals surface area contributed by atoms with Crippen LogP contribution in [0.15, 0.2) is 35.2 Å². The van der Waals surface area contributed by atoms with E-state index >= 15 is 0 Å². The highest BCUT2D eigenvalue weighted by Crippen LogP contribution is 2.19. The zero-order valence-electron chi connectivity index (χ0n) is 8.93. The third kappa shape index (κ3) is 4.28. The molecular formula is C12H13NO2S. The van der Waals surface area contributed by atoms with Gasteiger partial charge in [0.2, 0.25) is 0 Å². The molecule has 0 aliphatic carbocycles. The van der Waals surface area contributed by atoms with Crippen LogP contribution in [0, 0.1) is 17.9 Å². The number of carbonyl (C=O) groups is 1. The number of hydrogen-bond acceptors (Lipinski definition) is 3. The van der Waals surface area contributed by atoms with Crippen molar-refractivity contribution in [1.29, 1.82) is 0 Å². The molecule has 1 aromatic carbocycles. The second-order valence-corrected chi connectivity index (χ2v) is 4.13. The number of benzene rings is 1. The second kappa shape index (κ2) is 6.81. The van der Waals surface area contributed by atoms with Crippen LogP contribution >= 0.6 is 11.8 Å². The van der Waals surface area contributed by atoms with Gasteiger partial charge < -0.3 is 10.4 Å². The van der Waals surface area contributed by atoms with Crippen LogP contribution < -0.4 is 5.32 Å². The maximum atomic E-state index is 10.9. The van der Waals surface area contributed by atoms with Crippen LogP contribution in [0.25, 0.3) is 0 Å². The highest BCUT2D eigenvalue weighted by atomic mass is 32.2. The van der Waals surface area contributed by atoms with Crippen LogP contribution in [-0.2, 0) is 4.79 Å². The van der Waals surface area contributed by atoms with Crippen LogP contribution in [0.4, 0.5) is 0 Å². The first kappa shape index (κ1) is 12.5. The summed E-state index contributed by atoms with van der Waals surface area (Å²) >= 11 is 1.50. The van der Waals surface area contributed by atoms with E-state index in [-0.39, 0.29) is 0 Å². The third-order valence-corrected chi connectivity index (χ3v) is 2.93. The fraction of sp³-hybridized carbons (Fsp3) is 0.250. The summed E-state index contributed by atoms with van der Waals surface area (Å²) in [7, 11) is 1.66. The van der Waals surface area contributed by atoms with Crippen LogP contribution in [0.5, 0.6) is 0 Å². The van der Waals surface area contributed by atoms with Gasteiger partial charge in [-0.25, -0.2) is 0 Å². The lowest BCUT2D eigenvalue weighted by molar-refractivity contribution is -0.139. The number of carboxylic acids is 1. The minimum Gasteiger partial charge on any atom is -0.480 e. The molecule has 0 spiro atoms. The first-order chi connectivity index (χ1) is 7.74. The zero-order valence-corrected chi connectivity index (χ0v) is 9.75. The average Bonchev–Trinajstić information content (AvgIpc) is 2.30. The molecule has 0 aromatic heterocycles. The monoisotopic (exact) mass is 235 g/mol. The second-order valence-electron chi connectivity index (χ2n) is 3.03. The van der Waals surface area contributed by atoms with Gasteiger partial charge in [-0.1, -0.05) is 24.1 Å². The molecule has 3 nitrogen and oxygen atoms in total. The molecule has 1 atom stereocenters. The zero-order chi connectivity index (χ0) is 11.8. The molecule has 0 saturated carbocycles. The number of hydrogen-bond donors (Lipinski definition) is 2. The van der Waals surface area contributed by atoms with Crippen LogP contribution in [0.1, 0.15) is 0 Å². The molecule has 16 heavy (non-hydrogen) atoms. The van der Waals surface area contributed by atoms with Gasteiger partial charge in [-0.2, -0.15) is 0 Å². The summed E-state index contributed by atoms with van der Waals surface area (Å²) in [6.07, 6.45) is 0. The van der Waals surface area contributed by atoms with E-state index in [0.717, 1.165) is 4.90 Å². The van der Waals surface area contributed by atoms with Crippen molar-refractivity contribution >= 4 is 17.7 Å². The number of rotatable bonds is 4. The summed E-state index contributed by atoms with van der Waals surface area (Å²) in [4.78, 5) is 11.9. The van der Waals surface area contributed by atoms with Gasteiger partial charge in [0.1, 0.15) is 5.92 Å². The van der Waals surface area contributed by atoms with Crippen molar-refractivity contribution in [2.45, 2.75) is 4.90 Å². The molecule has 0 bridgehead atoms. The fourth-order valence-electron chi connectivity index (χ4n) is 1.03. The first-order valence-electron chi connectivity index (χ1n) is 4.82. The molecular weight excluding hydrogens is 222 g/mol. The van der Waals surface area contributed by atoms with Gasteiger partial charge in [-0.05, 0) is 12.1 Å². The van der Waals surface area contributed by atoms with E-state index in [9.17, 15) is 4.79 Å². The molecule has 0 amide bonds. The van der Waals surface area contributed by atoms with E-state index in [1.165, 1.54) is 11.8 Å². The lowest BCUT2D eigenvalue weighted by Gasteiger charge is -2.04. The maximum Gasteiger partial charge on any atom is 0.319 e. The first-order valence-corrected chi connectivity index (χ1v) is 5.80. The Balaban J connectivity index is 2.54. The third-order valence-electron chi connectivity index (χ3n) is 1.83. The summed E-state index contributed by atoms with van der Waals surface area (Å²) in [5, 5.41) is 11.6. The van der Waals surface area contributed by atoms with Gasteiger partial charge in [0.25, 0.3) is 0 Å². The highest BCUT2D eigenvalue weighted by Gasteiger charge is 2.14. The molecule has 4 heteroatoms. The summed E-state index contributed by atoms with van der Waals surface area (Å²) in [5.41, 5.74) is 0. The van der Waals surface area contributed by atoms with Crippen LogP contribution in [0.3, 0.4) is 0 Å². The molecule has 84 valence electrons. The van der Waals surface area contributed by atoms with E-state index in [1.807, 2.05) is 30.3 Å². The summed E-state index contributed by atoms with van der Waals surface area (Å²) in [6, 6.07) is 12.3. The molecule has 0 aliphatic heterocycles. The summed E-state index contributed by atoms with van der Waals surface area (Å²) in [5.74, 6) is 1.59. The fourth-order valence-corrected chi connectivity index (χ4v) is 1.96. The summed E-state index contributed by atoms with van der Waals surface area (Å²) < 4.78 is 0. The standard InChI is InChI=1S/C12H13NO2S/c1-13-8-7-10(12(14)15)9-16-11-5-3-2-4-6-11/h2-6,10,13H,9H2,1H3,(H,14,15). The molecule has 0 heterocycles. The summed E-state index contributed by atoms with van der Waals surface area (Å²) in [6.45, 7) is 0. The molecule has 1 rings (SSSR count). The Morgan fingerprint density at radius 3 is 2.75 bits per heavy atom. The number of carboxylic acid groups (broad SMARTS) is 1. The van der Waals surface area contributed by atoms with E-state index in [0.29, 0.717) is 5.75 Å². The molecule has 0 radical (unpaired) electrons. The van der Waals surface area contributed by atoms with E-state index in [4.69, 9.17) is 5.11 Å². The van der Waals surface area contributed by atoms with Gasteiger partial charge in [0, 0.05) is 23.7 Å². The van der Waals surface area contributed by atoms with Crippen molar-refractivity contribution in [3.8, 4) is 12.0 Å². The Morgan fingerprint density at radius 1 is 1.50 bits per heavy atom. The molecule has 0 aliphatic rings. The molecule has 0 fully saturated rings. The van der Waals surface area contributed by atoms with E-state index in [2.05, 4.69) is 17.3 Å². The quantitative estimate of drug-likeness (QED) is 0.473. The van der Waals surface area contributed by atoms with Crippen molar-refractivity contribution in [3.05, 3.63) is 30.3 Å². The molecule has 1 unspecified atom stereocenters.